The molecule has 32 heavy (non-hydrogen) atoms. The molecular formula is C22H23N5O5. The van der Waals surface area contributed by atoms with Crippen LogP contribution in [0, 0.1) is 6.92 Å². The molecule has 0 aliphatic carbocycles. The molecule has 0 radical (unpaired) electrons. The van der Waals surface area contributed by atoms with E-state index in [9.17, 15) is 14.4 Å². The van der Waals surface area contributed by atoms with Crippen LogP contribution < -0.4 is 15.4 Å². The van der Waals surface area contributed by atoms with Gasteiger partial charge in [0, 0.05) is 5.69 Å². The minimum absolute atomic E-state index is 0.0977. The molecular weight excluding hydrogens is 414 g/mol. The smallest absolute Gasteiger partial charge is 0.340 e. The van der Waals surface area contributed by atoms with E-state index in [0.717, 1.165) is 0 Å². The summed E-state index contributed by atoms with van der Waals surface area (Å²) in [5.41, 5.74) is 1.66. The number of methoxy groups -OCH3 is 1. The number of rotatable bonds is 8. The first-order chi connectivity index (χ1) is 15.4. The lowest BCUT2D eigenvalue weighted by atomic mass is 10.2. The number of hydrogen-bond acceptors (Lipinski definition) is 7. The minimum Gasteiger partial charge on any atom is -0.497 e. The van der Waals surface area contributed by atoms with E-state index in [4.69, 9.17) is 9.47 Å². The Labute approximate surface area is 184 Å². The predicted octanol–water partition coefficient (Wildman–Crippen LogP) is 2.66. The SMILES string of the molecule is CCOC(=O)c1ccccc1NC(=O)Cn1nnc(C(=O)Nc2ccc(OC)cc2)c1C. The molecule has 3 aromatic rings. The molecule has 0 atom stereocenters. The van der Waals surface area contributed by atoms with E-state index in [2.05, 4.69) is 20.9 Å². The molecule has 2 aromatic carbocycles. The quantitative estimate of drug-likeness (QED) is 0.519. The van der Waals surface area contributed by atoms with E-state index in [0.29, 0.717) is 22.8 Å². The summed E-state index contributed by atoms with van der Waals surface area (Å²) < 4.78 is 11.4. The molecule has 166 valence electrons. The second-order valence-electron chi connectivity index (χ2n) is 6.68. The predicted molar refractivity (Wildman–Crippen MR) is 117 cm³/mol. The van der Waals surface area contributed by atoms with Gasteiger partial charge in [-0.2, -0.15) is 0 Å². The van der Waals surface area contributed by atoms with Gasteiger partial charge in [0.25, 0.3) is 5.91 Å². The number of carbonyl (C=O) groups excluding carboxylic acids is 3. The van der Waals surface area contributed by atoms with Crippen LogP contribution in [-0.2, 0) is 16.1 Å². The van der Waals surface area contributed by atoms with Crippen molar-refractivity contribution in [3.63, 3.8) is 0 Å². The summed E-state index contributed by atoms with van der Waals surface area (Å²) in [5.74, 6) is -0.748. The maximum absolute atomic E-state index is 12.6. The van der Waals surface area contributed by atoms with Crippen LogP contribution in [-0.4, -0.2) is 46.5 Å². The fraction of sp³-hybridized carbons (Fsp3) is 0.227. The third kappa shape index (κ3) is 5.28. The van der Waals surface area contributed by atoms with Crippen LogP contribution in [0.3, 0.4) is 0 Å². The second-order valence-corrected chi connectivity index (χ2v) is 6.68. The Morgan fingerprint density at radius 2 is 1.75 bits per heavy atom. The van der Waals surface area contributed by atoms with Crippen molar-refractivity contribution in [1.29, 1.82) is 0 Å². The summed E-state index contributed by atoms with van der Waals surface area (Å²) in [5, 5.41) is 13.2. The number of anilines is 2. The third-order valence-corrected chi connectivity index (χ3v) is 4.54. The van der Waals surface area contributed by atoms with Crippen LogP contribution in [0.25, 0.3) is 0 Å². The molecule has 2 amide bonds. The van der Waals surface area contributed by atoms with Gasteiger partial charge in [0.2, 0.25) is 5.91 Å². The number of aromatic nitrogens is 3. The van der Waals surface area contributed by atoms with Crippen molar-refractivity contribution < 1.29 is 23.9 Å². The van der Waals surface area contributed by atoms with Crippen molar-refractivity contribution in [3.05, 3.63) is 65.5 Å². The average Bonchev–Trinajstić information content (AvgIpc) is 3.14. The van der Waals surface area contributed by atoms with Crippen LogP contribution in [0.4, 0.5) is 11.4 Å². The molecule has 0 fully saturated rings. The molecule has 10 heteroatoms. The molecule has 0 aliphatic rings. The van der Waals surface area contributed by atoms with Crippen LogP contribution in [0.15, 0.2) is 48.5 Å². The monoisotopic (exact) mass is 437 g/mol. The van der Waals surface area contributed by atoms with E-state index in [-0.39, 0.29) is 24.4 Å². The number of para-hydroxylation sites is 1. The number of nitrogens with zero attached hydrogens (tertiary/aromatic N) is 3. The van der Waals surface area contributed by atoms with Crippen molar-refractivity contribution in [2.75, 3.05) is 24.4 Å². The Balaban J connectivity index is 1.67. The summed E-state index contributed by atoms with van der Waals surface area (Å²) in [6, 6.07) is 13.4. The molecule has 0 spiro atoms. The van der Waals surface area contributed by atoms with Crippen LogP contribution >= 0.6 is 0 Å². The first kappa shape index (κ1) is 22.5. The van der Waals surface area contributed by atoms with Crippen molar-refractivity contribution in [2.24, 2.45) is 0 Å². The van der Waals surface area contributed by atoms with Gasteiger partial charge in [-0.05, 0) is 50.2 Å². The Morgan fingerprint density at radius 1 is 1.03 bits per heavy atom. The summed E-state index contributed by atoms with van der Waals surface area (Å²) in [6.45, 7) is 3.38. The highest BCUT2D eigenvalue weighted by molar-refractivity contribution is 6.04. The Bertz CT molecular complexity index is 1120. The van der Waals surface area contributed by atoms with E-state index in [1.165, 1.54) is 4.68 Å². The highest BCUT2D eigenvalue weighted by Gasteiger charge is 2.19. The van der Waals surface area contributed by atoms with Crippen LogP contribution in [0.1, 0.15) is 33.5 Å². The fourth-order valence-electron chi connectivity index (χ4n) is 2.89. The third-order valence-electron chi connectivity index (χ3n) is 4.54. The zero-order valence-electron chi connectivity index (χ0n) is 17.9. The molecule has 0 unspecified atom stereocenters. The molecule has 0 aliphatic heterocycles. The first-order valence-corrected chi connectivity index (χ1v) is 9.84. The highest BCUT2D eigenvalue weighted by atomic mass is 16.5. The number of carbonyl (C=O) groups is 3. The molecule has 1 aromatic heterocycles. The van der Waals surface area contributed by atoms with E-state index in [1.54, 1.807) is 69.5 Å². The number of benzene rings is 2. The maximum Gasteiger partial charge on any atom is 0.340 e. The van der Waals surface area contributed by atoms with Crippen molar-refractivity contribution in [1.82, 2.24) is 15.0 Å². The van der Waals surface area contributed by atoms with Gasteiger partial charge in [-0.3, -0.25) is 9.59 Å². The van der Waals surface area contributed by atoms with Gasteiger partial charge in [0.15, 0.2) is 5.69 Å². The van der Waals surface area contributed by atoms with Gasteiger partial charge in [-0.1, -0.05) is 17.3 Å². The van der Waals surface area contributed by atoms with Gasteiger partial charge < -0.3 is 20.1 Å². The normalized spacial score (nSPS) is 10.3. The van der Waals surface area contributed by atoms with Crippen molar-refractivity contribution in [2.45, 2.75) is 20.4 Å². The van der Waals surface area contributed by atoms with Gasteiger partial charge in [0.1, 0.15) is 12.3 Å². The van der Waals surface area contributed by atoms with Crippen LogP contribution in [0.5, 0.6) is 5.75 Å². The summed E-state index contributed by atoms with van der Waals surface area (Å²) >= 11 is 0. The summed E-state index contributed by atoms with van der Waals surface area (Å²) in [4.78, 5) is 37.2. The minimum atomic E-state index is -0.530. The lowest BCUT2D eigenvalue weighted by Gasteiger charge is -2.10. The molecule has 0 saturated heterocycles. The molecule has 3 rings (SSSR count). The number of esters is 1. The molecule has 1 heterocycles. The van der Waals surface area contributed by atoms with Gasteiger partial charge >= 0.3 is 5.97 Å². The molecule has 2 N–H and O–H groups in total. The van der Waals surface area contributed by atoms with Gasteiger partial charge in [-0.15, -0.1) is 5.10 Å². The van der Waals surface area contributed by atoms with Crippen molar-refractivity contribution in [3.8, 4) is 5.75 Å². The van der Waals surface area contributed by atoms with Crippen LogP contribution in [0.2, 0.25) is 0 Å². The topological polar surface area (TPSA) is 124 Å². The van der Waals surface area contributed by atoms with Gasteiger partial charge in [-0.25, -0.2) is 9.48 Å². The Kier molecular flexibility index (Phi) is 7.17. The lowest BCUT2D eigenvalue weighted by Crippen LogP contribution is -2.22. The van der Waals surface area contributed by atoms with E-state index in [1.807, 2.05) is 0 Å². The standard InChI is InChI=1S/C22H23N5O5/c1-4-32-22(30)17-7-5-6-8-18(17)24-19(28)13-27-14(2)20(25-26-27)21(29)23-15-9-11-16(31-3)12-10-15/h5-12H,4,13H2,1-3H3,(H,23,29)(H,24,28). The number of hydrogen-bond donors (Lipinski definition) is 2. The number of amides is 2. The number of nitrogens with one attached hydrogen (secondary N) is 2. The zero-order valence-corrected chi connectivity index (χ0v) is 17.9. The molecule has 0 bridgehead atoms. The lowest BCUT2D eigenvalue weighted by molar-refractivity contribution is -0.117. The largest absolute Gasteiger partial charge is 0.497 e. The first-order valence-electron chi connectivity index (χ1n) is 9.84. The van der Waals surface area contributed by atoms with Crippen molar-refractivity contribution >= 4 is 29.2 Å². The fourth-order valence-corrected chi connectivity index (χ4v) is 2.89. The summed E-state index contributed by atoms with van der Waals surface area (Å²) in [7, 11) is 1.56. The molecule has 0 saturated carbocycles. The van der Waals surface area contributed by atoms with E-state index >= 15 is 0 Å². The maximum atomic E-state index is 12.6. The Hall–Kier alpha value is -4.21. The second kappa shape index (κ2) is 10.2. The van der Waals surface area contributed by atoms with E-state index < -0.39 is 17.8 Å². The molecule has 10 nitrogen and oxygen atoms in total. The van der Waals surface area contributed by atoms with Gasteiger partial charge in [0.05, 0.1) is 30.7 Å². The average molecular weight is 437 g/mol. The zero-order chi connectivity index (χ0) is 23.1. The number of ether oxygens (including phenoxy) is 2. The highest BCUT2D eigenvalue weighted by Crippen LogP contribution is 2.18. The Morgan fingerprint density at radius 3 is 2.44 bits per heavy atom. The summed E-state index contributed by atoms with van der Waals surface area (Å²) in [6.07, 6.45) is 0.